The van der Waals surface area contributed by atoms with Crippen LogP contribution in [0.15, 0.2) is 0 Å². The van der Waals surface area contributed by atoms with Gasteiger partial charge >= 0.3 is 5.97 Å². The van der Waals surface area contributed by atoms with Crippen LogP contribution in [0.2, 0.25) is 0 Å². The molecule has 1 saturated carbocycles. The van der Waals surface area contributed by atoms with Gasteiger partial charge in [-0.05, 0) is 42.9 Å². The summed E-state index contributed by atoms with van der Waals surface area (Å²) < 4.78 is 0. The molecule has 0 spiro atoms. The highest BCUT2D eigenvalue weighted by Crippen LogP contribution is 2.46. The molecule has 3 N–H and O–H groups in total. The van der Waals surface area contributed by atoms with E-state index in [4.69, 9.17) is 5.73 Å². The van der Waals surface area contributed by atoms with Crippen LogP contribution >= 0.6 is 0 Å². The molecule has 1 rings (SSSR count). The van der Waals surface area contributed by atoms with Crippen LogP contribution in [0.25, 0.3) is 0 Å². The molecular formula is C15H29NO2. The van der Waals surface area contributed by atoms with Gasteiger partial charge in [0.1, 0.15) is 0 Å². The van der Waals surface area contributed by atoms with Crippen LogP contribution in [-0.4, -0.2) is 17.1 Å². The van der Waals surface area contributed by atoms with E-state index in [2.05, 4.69) is 20.8 Å². The van der Waals surface area contributed by atoms with Crippen molar-refractivity contribution in [2.75, 3.05) is 0 Å². The maximum Gasteiger partial charge on any atom is 0.303 e. The standard InChI is InChI=1S/C15H29NO2/c1-4-13(16)15(10-14(17)18)7-5-6-12(9-15)8-11(2)3/h11-13H,4-10,16H2,1-3H3,(H,17,18). The van der Waals surface area contributed by atoms with Gasteiger partial charge in [0, 0.05) is 6.04 Å². The van der Waals surface area contributed by atoms with Crippen LogP contribution < -0.4 is 5.73 Å². The first-order valence-corrected chi connectivity index (χ1v) is 7.37. The van der Waals surface area contributed by atoms with Gasteiger partial charge in [-0.3, -0.25) is 4.79 Å². The SMILES string of the molecule is CCC(N)C1(CC(=O)O)CCCC(CC(C)C)C1. The minimum absolute atomic E-state index is 0.0311. The molecule has 1 fully saturated rings. The molecule has 3 heteroatoms. The van der Waals surface area contributed by atoms with E-state index in [1.165, 1.54) is 12.8 Å². The lowest BCUT2D eigenvalue weighted by Crippen LogP contribution is -2.46. The summed E-state index contributed by atoms with van der Waals surface area (Å²) >= 11 is 0. The van der Waals surface area contributed by atoms with Crippen LogP contribution in [0, 0.1) is 17.3 Å². The molecule has 3 nitrogen and oxygen atoms in total. The highest BCUT2D eigenvalue weighted by atomic mass is 16.4. The smallest absolute Gasteiger partial charge is 0.303 e. The molecule has 0 aromatic heterocycles. The molecular weight excluding hydrogens is 226 g/mol. The van der Waals surface area contributed by atoms with E-state index in [-0.39, 0.29) is 17.9 Å². The largest absolute Gasteiger partial charge is 0.481 e. The monoisotopic (exact) mass is 255 g/mol. The zero-order valence-electron chi connectivity index (χ0n) is 12.1. The number of aliphatic carboxylic acids is 1. The molecule has 0 aliphatic heterocycles. The van der Waals surface area contributed by atoms with E-state index in [0.29, 0.717) is 11.8 Å². The Kier molecular flexibility index (Phi) is 5.64. The van der Waals surface area contributed by atoms with Crippen molar-refractivity contribution < 1.29 is 9.90 Å². The fourth-order valence-electron chi connectivity index (χ4n) is 3.75. The van der Waals surface area contributed by atoms with Crippen molar-refractivity contribution in [2.45, 2.75) is 71.8 Å². The summed E-state index contributed by atoms with van der Waals surface area (Å²) in [7, 11) is 0. The lowest BCUT2D eigenvalue weighted by molar-refractivity contribution is -0.141. The van der Waals surface area contributed by atoms with Gasteiger partial charge in [-0.25, -0.2) is 0 Å². The molecule has 0 heterocycles. The summed E-state index contributed by atoms with van der Waals surface area (Å²) in [6, 6.07) is 0.0311. The lowest BCUT2D eigenvalue weighted by Gasteiger charge is -2.44. The molecule has 3 atom stereocenters. The van der Waals surface area contributed by atoms with Crippen molar-refractivity contribution in [3.8, 4) is 0 Å². The Hall–Kier alpha value is -0.570. The number of hydrogen-bond donors (Lipinski definition) is 2. The Morgan fingerprint density at radius 2 is 2.17 bits per heavy atom. The van der Waals surface area contributed by atoms with Crippen LogP contribution in [0.5, 0.6) is 0 Å². The fourth-order valence-corrected chi connectivity index (χ4v) is 3.75. The van der Waals surface area contributed by atoms with Crippen LogP contribution in [0.3, 0.4) is 0 Å². The molecule has 0 radical (unpaired) electrons. The van der Waals surface area contributed by atoms with Gasteiger partial charge in [-0.2, -0.15) is 0 Å². The Bertz CT molecular complexity index is 278. The molecule has 0 saturated heterocycles. The minimum atomic E-state index is -0.691. The predicted octanol–water partition coefficient (Wildman–Crippen LogP) is 3.42. The summed E-state index contributed by atoms with van der Waals surface area (Å²) in [5.41, 5.74) is 6.11. The van der Waals surface area contributed by atoms with E-state index in [1.807, 2.05) is 0 Å². The van der Waals surface area contributed by atoms with E-state index in [1.54, 1.807) is 0 Å². The van der Waals surface area contributed by atoms with Crippen molar-refractivity contribution >= 4 is 5.97 Å². The average molecular weight is 255 g/mol. The predicted molar refractivity (Wildman–Crippen MR) is 74.4 cm³/mol. The summed E-state index contributed by atoms with van der Waals surface area (Å²) in [5, 5.41) is 9.19. The summed E-state index contributed by atoms with van der Waals surface area (Å²) in [5.74, 6) is 0.660. The number of carboxylic acid groups (broad SMARTS) is 1. The van der Waals surface area contributed by atoms with Gasteiger partial charge < -0.3 is 10.8 Å². The first-order chi connectivity index (χ1) is 8.39. The van der Waals surface area contributed by atoms with Crippen LogP contribution in [0.1, 0.15) is 65.7 Å². The van der Waals surface area contributed by atoms with E-state index < -0.39 is 5.97 Å². The normalized spacial score (nSPS) is 30.4. The van der Waals surface area contributed by atoms with Gasteiger partial charge in [0.2, 0.25) is 0 Å². The molecule has 0 amide bonds. The molecule has 3 unspecified atom stereocenters. The van der Waals surface area contributed by atoms with E-state index in [0.717, 1.165) is 25.7 Å². The fraction of sp³-hybridized carbons (Fsp3) is 0.933. The van der Waals surface area contributed by atoms with Crippen molar-refractivity contribution in [1.29, 1.82) is 0 Å². The topological polar surface area (TPSA) is 63.3 Å². The Morgan fingerprint density at radius 1 is 1.50 bits per heavy atom. The van der Waals surface area contributed by atoms with Gasteiger partial charge in [-0.1, -0.05) is 33.6 Å². The molecule has 1 aliphatic carbocycles. The first-order valence-electron chi connectivity index (χ1n) is 7.37. The third-order valence-corrected chi connectivity index (χ3v) is 4.52. The van der Waals surface area contributed by atoms with E-state index in [9.17, 15) is 9.90 Å². The van der Waals surface area contributed by atoms with Crippen molar-refractivity contribution in [3.05, 3.63) is 0 Å². The maximum atomic E-state index is 11.2. The molecule has 0 aromatic carbocycles. The molecule has 1 aliphatic rings. The van der Waals surface area contributed by atoms with Gasteiger partial charge in [0.15, 0.2) is 0 Å². The number of hydrogen-bond acceptors (Lipinski definition) is 2. The summed E-state index contributed by atoms with van der Waals surface area (Å²) in [4.78, 5) is 11.2. The zero-order chi connectivity index (χ0) is 13.8. The minimum Gasteiger partial charge on any atom is -0.481 e. The number of carbonyl (C=O) groups is 1. The van der Waals surface area contributed by atoms with Crippen molar-refractivity contribution in [1.82, 2.24) is 0 Å². The average Bonchev–Trinajstić information content (AvgIpc) is 2.26. The van der Waals surface area contributed by atoms with Crippen molar-refractivity contribution in [3.63, 3.8) is 0 Å². The lowest BCUT2D eigenvalue weighted by atomic mass is 9.62. The highest BCUT2D eigenvalue weighted by Gasteiger charge is 2.42. The van der Waals surface area contributed by atoms with Crippen molar-refractivity contribution in [2.24, 2.45) is 23.0 Å². The number of carboxylic acids is 1. The second-order valence-electron chi connectivity index (χ2n) is 6.54. The molecule has 18 heavy (non-hydrogen) atoms. The van der Waals surface area contributed by atoms with Crippen LogP contribution in [0.4, 0.5) is 0 Å². The molecule has 106 valence electrons. The Morgan fingerprint density at radius 3 is 2.67 bits per heavy atom. The first kappa shape index (κ1) is 15.5. The summed E-state index contributed by atoms with van der Waals surface area (Å²) in [6.07, 6.45) is 6.71. The molecule has 0 aromatic rings. The van der Waals surface area contributed by atoms with E-state index >= 15 is 0 Å². The highest BCUT2D eigenvalue weighted by molar-refractivity contribution is 5.67. The third-order valence-electron chi connectivity index (χ3n) is 4.52. The Balaban J connectivity index is 2.78. The number of nitrogens with two attached hydrogens (primary N) is 1. The molecule has 0 bridgehead atoms. The summed E-state index contributed by atoms with van der Waals surface area (Å²) in [6.45, 7) is 6.56. The Labute approximate surface area is 111 Å². The number of rotatable bonds is 6. The zero-order valence-corrected chi connectivity index (χ0v) is 12.1. The van der Waals surface area contributed by atoms with Gasteiger partial charge in [0.25, 0.3) is 0 Å². The second-order valence-corrected chi connectivity index (χ2v) is 6.54. The quantitative estimate of drug-likeness (QED) is 0.764. The maximum absolute atomic E-state index is 11.2. The van der Waals surface area contributed by atoms with Gasteiger partial charge in [0.05, 0.1) is 6.42 Å². The second kappa shape index (κ2) is 6.55. The third kappa shape index (κ3) is 3.98. The van der Waals surface area contributed by atoms with Crippen LogP contribution in [-0.2, 0) is 4.79 Å². The van der Waals surface area contributed by atoms with Gasteiger partial charge in [-0.15, -0.1) is 0 Å².